The molecule has 1 heterocycles. The number of amidine groups is 1. The molecule has 2 aromatic carbocycles. The Morgan fingerprint density at radius 1 is 1.09 bits per heavy atom. The highest BCUT2D eigenvalue weighted by atomic mass is 16.4. The highest BCUT2D eigenvalue weighted by Crippen LogP contribution is 2.43. The molecule has 6 heteroatoms. The van der Waals surface area contributed by atoms with Crippen molar-refractivity contribution >= 4 is 29.0 Å². The van der Waals surface area contributed by atoms with E-state index < -0.39 is 5.97 Å². The van der Waals surface area contributed by atoms with E-state index in [0.717, 1.165) is 53.8 Å². The predicted octanol–water partition coefficient (Wildman–Crippen LogP) is 4.83. The first-order valence-corrected chi connectivity index (χ1v) is 11.1. The van der Waals surface area contributed by atoms with E-state index in [9.17, 15) is 14.7 Å². The first kappa shape index (κ1) is 20.4. The van der Waals surface area contributed by atoms with Gasteiger partial charge in [-0.05, 0) is 56.2 Å². The van der Waals surface area contributed by atoms with Gasteiger partial charge in [-0.1, -0.05) is 42.5 Å². The lowest BCUT2D eigenvalue weighted by Gasteiger charge is -2.34. The number of rotatable bonds is 6. The van der Waals surface area contributed by atoms with Gasteiger partial charge in [0.15, 0.2) is 11.6 Å². The number of anilines is 1. The van der Waals surface area contributed by atoms with Gasteiger partial charge in [-0.15, -0.1) is 0 Å². The number of nitrogens with zero attached hydrogens (tertiary/aromatic N) is 2. The second-order valence-electron chi connectivity index (χ2n) is 8.64. The summed E-state index contributed by atoms with van der Waals surface area (Å²) in [6.45, 7) is 1.55. The zero-order valence-corrected chi connectivity index (χ0v) is 17.9. The van der Waals surface area contributed by atoms with Gasteiger partial charge in [0.05, 0.1) is 11.6 Å². The third-order valence-electron chi connectivity index (χ3n) is 6.62. The molecule has 3 aliphatic rings. The van der Waals surface area contributed by atoms with E-state index in [2.05, 4.69) is 17.5 Å². The van der Waals surface area contributed by atoms with Crippen molar-refractivity contribution in [3.05, 3.63) is 76.9 Å². The first-order valence-electron chi connectivity index (χ1n) is 11.1. The largest absolute Gasteiger partial charge is 0.481 e. The van der Waals surface area contributed by atoms with Crippen molar-refractivity contribution < 1.29 is 14.7 Å². The van der Waals surface area contributed by atoms with E-state index in [4.69, 9.17) is 9.98 Å². The van der Waals surface area contributed by atoms with Crippen LogP contribution < -0.4 is 5.32 Å². The zero-order valence-electron chi connectivity index (χ0n) is 17.9. The van der Waals surface area contributed by atoms with E-state index in [-0.39, 0.29) is 23.8 Å². The van der Waals surface area contributed by atoms with Gasteiger partial charge in [0, 0.05) is 22.4 Å². The number of fused-ring (bicyclic) bond motifs is 1. The average molecular weight is 428 g/mol. The summed E-state index contributed by atoms with van der Waals surface area (Å²) >= 11 is 0. The Morgan fingerprint density at radius 3 is 2.59 bits per heavy atom. The summed E-state index contributed by atoms with van der Waals surface area (Å²) in [6, 6.07) is 15.4. The van der Waals surface area contributed by atoms with Crippen LogP contribution in [0.15, 0.2) is 70.2 Å². The van der Waals surface area contributed by atoms with E-state index in [1.54, 1.807) is 6.92 Å². The molecule has 0 spiro atoms. The van der Waals surface area contributed by atoms with Crippen LogP contribution in [0.1, 0.15) is 60.0 Å². The maximum atomic E-state index is 11.6. The fourth-order valence-electron chi connectivity index (χ4n) is 4.68. The Kier molecular flexibility index (Phi) is 5.21. The van der Waals surface area contributed by atoms with Crippen LogP contribution in [-0.4, -0.2) is 34.6 Å². The maximum absolute atomic E-state index is 11.6. The van der Waals surface area contributed by atoms with Crippen LogP contribution >= 0.6 is 0 Å². The predicted molar refractivity (Wildman–Crippen MR) is 125 cm³/mol. The topological polar surface area (TPSA) is 91.1 Å². The van der Waals surface area contributed by atoms with Crippen molar-refractivity contribution in [3.8, 4) is 0 Å². The van der Waals surface area contributed by atoms with Gasteiger partial charge in [-0.2, -0.15) is 0 Å². The monoisotopic (exact) mass is 427 g/mol. The molecule has 1 fully saturated rings. The SMILES string of the molecule is CC(=O)c1ccc(C2=NC(Nc3cccc(C4CCC4C(=O)O)c3)C3=CCCC3=N2)cc1. The number of hydrogen-bond acceptors (Lipinski definition) is 5. The van der Waals surface area contributed by atoms with Crippen molar-refractivity contribution in [1.29, 1.82) is 0 Å². The minimum atomic E-state index is -0.714. The number of carbonyl (C=O) groups is 2. The minimum Gasteiger partial charge on any atom is -0.481 e. The minimum absolute atomic E-state index is 0.0329. The molecule has 0 aromatic heterocycles. The number of benzene rings is 2. The normalized spacial score (nSPS) is 23.9. The quantitative estimate of drug-likeness (QED) is 0.646. The Bertz CT molecular complexity index is 1180. The van der Waals surface area contributed by atoms with Crippen LogP contribution in [0.2, 0.25) is 0 Å². The Labute approximate surface area is 186 Å². The second kappa shape index (κ2) is 8.19. The van der Waals surface area contributed by atoms with Crippen molar-refractivity contribution in [3.63, 3.8) is 0 Å². The number of nitrogens with one attached hydrogen (secondary N) is 1. The van der Waals surface area contributed by atoms with Crippen LogP contribution in [0.5, 0.6) is 0 Å². The molecule has 1 aliphatic heterocycles. The average Bonchev–Trinajstić information content (AvgIpc) is 3.22. The molecule has 0 amide bonds. The van der Waals surface area contributed by atoms with E-state index in [0.29, 0.717) is 11.4 Å². The van der Waals surface area contributed by atoms with Crippen molar-refractivity contribution in [2.45, 2.75) is 44.7 Å². The van der Waals surface area contributed by atoms with Gasteiger partial charge >= 0.3 is 5.97 Å². The molecular formula is C26H25N3O3. The van der Waals surface area contributed by atoms with Crippen molar-refractivity contribution in [1.82, 2.24) is 0 Å². The number of carboxylic acid groups (broad SMARTS) is 1. The van der Waals surface area contributed by atoms with Gasteiger partial charge < -0.3 is 10.4 Å². The van der Waals surface area contributed by atoms with E-state index >= 15 is 0 Å². The Morgan fingerprint density at radius 2 is 1.91 bits per heavy atom. The smallest absolute Gasteiger partial charge is 0.307 e. The van der Waals surface area contributed by atoms with Crippen molar-refractivity contribution in [2.24, 2.45) is 15.9 Å². The third kappa shape index (κ3) is 3.77. The Balaban J connectivity index is 1.41. The number of allylic oxidation sites excluding steroid dienone is 1. The number of Topliss-reactive ketones (excluding diaryl/α,β-unsaturated/α-hetero) is 1. The molecule has 32 heavy (non-hydrogen) atoms. The number of carbonyl (C=O) groups excluding carboxylic acids is 1. The van der Waals surface area contributed by atoms with Gasteiger partial charge in [-0.25, -0.2) is 9.98 Å². The molecule has 3 atom stereocenters. The maximum Gasteiger partial charge on any atom is 0.307 e. The van der Waals surface area contributed by atoms with Crippen LogP contribution in [0, 0.1) is 5.92 Å². The van der Waals surface area contributed by atoms with Crippen LogP contribution in [0.3, 0.4) is 0 Å². The molecule has 162 valence electrons. The zero-order chi connectivity index (χ0) is 22.2. The summed E-state index contributed by atoms with van der Waals surface area (Å²) in [5.74, 6) is -0.242. The standard InChI is InChI=1S/C26H25N3O3/c1-15(30)16-8-10-17(11-9-16)24-28-23-7-3-6-22(23)25(29-24)27-19-5-2-4-18(14-19)20-12-13-21(20)26(31)32/h2,4-6,8-11,14,20-21,25,27H,3,7,12-13H2,1H3,(H,31,32). The molecule has 2 N–H and O–H groups in total. The molecule has 5 rings (SSSR count). The lowest BCUT2D eigenvalue weighted by Crippen LogP contribution is -2.31. The van der Waals surface area contributed by atoms with Gasteiger partial charge in [0.2, 0.25) is 0 Å². The third-order valence-corrected chi connectivity index (χ3v) is 6.62. The number of ketones is 1. The summed E-state index contributed by atoms with van der Waals surface area (Å²) in [5.41, 5.74) is 5.68. The summed E-state index contributed by atoms with van der Waals surface area (Å²) in [6.07, 6.45) is 5.42. The van der Waals surface area contributed by atoms with Crippen LogP contribution in [0.25, 0.3) is 0 Å². The summed E-state index contributed by atoms with van der Waals surface area (Å²) in [5, 5.41) is 12.9. The molecule has 3 unspecified atom stereocenters. The molecule has 0 saturated heterocycles. The molecule has 2 aliphatic carbocycles. The molecule has 2 aromatic rings. The van der Waals surface area contributed by atoms with Gasteiger partial charge in [0.25, 0.3) is 0 Å². The summed E-state index contributed by atoms with van der Waals surface area (Å²) < 4.78 is 0. The lowest BCUT2D eigenvalue weighted by molar-refractivity contribution is -0.145. The number of aliphatic imine (C=N–C) groups is 2. The fourth-order valence-corrected chi connectivity index (χ4v) is 4.68. The lowest BCUT2D eigenvalue weighted by atomic mass is 9.70. The number of aliphatic carboxylic acids is 1. The number of carboxylic acids is 1. The summed E-state index contributed by atoms with van der Waals surface area (Å²) in [4.78, 5) is 32.7. The van der Waals surface area contributed by atoms with Crippen LogP contribution in [-0.2, 0) is 4.79 Å². The highest BCUT2D eigenvalue weighted by Gasteiger charge is 2.37. The highest BCUT2D eigenvalue weighted by molar-refractivity contribution is 6.16. The van der Waals surface area contributed by atoms with E-state index in [1.165, 1.54) is 0 Å². The number of hydrogen-bond donors (Lipinski definition) is 2. The molecule has 6 nitrogen and oxygen atoms in total. The second-order valence-corrected chi connectivity index (χ2v) is 8.64. The van der Waals surface area contributed by atoms with E-state index in [1.807, 2.05) is 42.5 Å². The first-order chi connectivity index (χ1) is 15.5. The Hall–Kier alpha value is -3.54. The molecule has 0 bridgehead atoms. The fraction of sp³-hybridized carbons (Fsp3) is 0.308. The van der Waals surface area contributed by atoms with Gasteiger partial charge in [-0.3, -0.25) is 9.59 Å². The molecule has 0 radical (unpaired) electrons. The molecule has 1 saturated carbocycles. The van der Waals surface area contributed by atoms with Gasteiger partial charge in [0.1, 0.15) is 6.17 Å². The van der Waals surface area contributed by atoms with Crippen molar-refractivity contribution in [2.75, 3.05) is 5.32 Å². The van der Waals surface area contributed by atoms with Crippen LogP contribution in [0.4, 0.5) is 5.69 Å². The summed E-state index contributed by atoms with van der Waals surface area (Å²) in [7, 11) is 0. The molecular weight excluding hydrogens is 402 g/mol.